The molecule has 0 atom stereocenters. The summed E-state index contributed by atoms with van der Waals surface area (Å²) >= 11 is 0. The van der Waals surface area contributed by atoms with Crippen LogP contribution in [0.25, 0.3) is 0 Å². The summed E-state index contributed by atoms with van der Waals surface area (Å²) in [5.41, 5.74) is 0. The predicted octanol–water partition coefficient (Wildman–Crippen LogP) is 1.98. The highest BCUT2D eigenvalue weighted by Gasteiger charge is 2.14. The minimum atomic E-state index is -0.0750. The van der Waals surface area contributed by atoms with E-state index in [-0.39, 0.29) is 12.1 Å². The van der Waals surface area contributed by atoms with Gasteiger partial charge in [-0.1, -0.05) is 13.8 Å². The second-order valence-corrected chi connectivity index (χ2v) is 4.35. The summed E-state index contributed by atoms with van der Waals surface area (Å²) in [6.07, 6.45) is 0.387. The molecule has 0 aliphatic carbocycles. The van der Waals surface area contributed by atoms with Crippen LogP contribution in [0.3, 0.4) is 0 Å². The van der Waals surface area contributed by atoms with Crippen molar-refractivity contribution in [1.29, 1.82) is 5.26 Å². The van der Waals surface area contributed by atoms with E-state index in [0.717, 1.165) is 0 Å². The molecular formula is C11H21N3O. The Balaban J connectivity index is 4.21. The van der Waals surface area contributed by atoms with Crippen molar-refractivity contribution in [1.82, 2.24) is 10.2 Å². The van der Waals surface area contributed by atoms with E-state index in [9.17, 15) is 4.79 Å². The van der Waals surface area contributed by atoms with E-state index in [1.54, 1.807) is 4.90 Å². The van der Waals surface area contributed by atoms with Gasteiger partial charge in [-0.25, -0.2) is 4.79 Å². The third-order valence-electron chi connectivity index (χ3n) is 1.78. The van der Waals surface area contributed by atoms with E-state index in [1.807, 2.05) is 13.8 Å². The van der Waals surface area contributed by atoms with Crippen LogP contribution in [0, 0.1) is 17.2 Å². The average Bonchev–Trinajstić information content (AvgIpc) is 2.10. The zero-order valence-electron chi connectivity index (χ0n) is 10.1. The van der Waals surface area contributed by atoms with E-state index in [1.165, 1.54) is 0 Å². The first-order valence-corrected chi connectivity index (χ1v) is 5.39. The maximum Gasteiger partial charge on any atom is 0.317 e. The molecule has 4 nitrogen and oxygen atoms in total. The maximum atomic E-state index is 11.7. The van der Waals surface area contributed by atoms with Crippen LogP contribution in [-0.4, -0.2) is 30.1 Å². The lowest BCUT2D eigenvalue weighted by Crippen LogP contribution is -2.44. The molecule has 0 unspecified atom stereocenters. The molecule has 86 valence electrons. The molecule has 4 heteroatoms. The molecule has 0 bridgehead atoms. The van der Waals surface area contributed by atoms with E-state index >= 15 is 0 Å². The number of urea groups is 1. The van der Waals surface area contributed by atoms with Crippen LogP contribution in [0.4, 0.5) is 4.79 Å². The Morgan fingerprint density at radius 2 is 2.00 bits per heavy atom. The van der Waals surface area contributed by atoms with Gasteiger partial charge in [-0.15, -0.1) is 0 Å². The minimum Gasteiger partial charge on any atom is -0.336 e. The van der Waals surface area contributed by atoms with Crippen molar-refractivity contribution in [2.45, 2.75) is 40.2 Å². The smallest absolute Gasteiger partial charge is 0.317 e. The van der Waals surface area contributed by atoms with Crippen molar-refractivity contribution in [3.05, 3.63) is 0 Å². The van der Waals surface area contributed by atoms with Crippen molar-refractivity contribution in [2.75, 3.05) is 13.1 Å². The van der Waals surface area contributed by atoms with Gasteiger partial charge in [0.05, 0.1) is 12.5 Å². The van der Waals surface area contributed by atoms with Gasteiger partial charge in [-0.2, -0.15) is 5.26 Å². The first-order chi connectivity index (χ1) is 6.97. The molecule has 0 saturated heterocycles. The van der Waals surface area contributed by atoms with Crippen molar-refractivity contribution < 1.29 is 4.79 Å². The van der Waals surface area contributed by atoms with Gasteiger partial charge in [-0.3, -0.25) is 0 Å². The predicted molar refractivity (Wildman–Crippen MR) is 60.3 cm³/mol. The third-order valence-corrected chi connectivity index (χ3v) is 1.78. The van der Waals surface area contributed by atoms with Crippen molar-refractivity contribution >= 4 is 6.03 Å². The molecule has 0 rings (SSSR count). The molecule has 0 fully saturated rings. The Morgan fingerprint density at radius 1 is 1.40 bits per heavy atom. The number of nitriles is 1. The summed E-state index contributed by atoms with van der Waals surface area (Å²) in [5, 5.41) is 11.3. The Hall–Kier alpha value is -1.24. The van der Waals surface area contributed by atoms with Gasteiger partial charge in [0.1, 0.15) is 0 Å². The van der Waals surface area contributed by atoms with Crippen LogP contribution >= 0.6 is 0 Å². The van der Waals surface area contributed by atoms with E-state index in [4.69, 9.17) is 5.26 Å². The van der Waals surface area contributed by atoms with Gasteiger partial charge < -0.3 is 10.2 Å². The zero-order valence-corrected chi connectivity index (χ0v) is 10.1. The number of carbonyl (C=O) groups excluding carboxylic acids is 1. The second-order valence-electron chi connectivity index (χ2n) is 4.35. The van der Waals surface area contributed by atoms with Crippen molar-refractivity contribution in [2.24, 2.45) is 5.92 Å². The lowest BCUT2D eigenvalue weighted by atomic mass is 10.2. The number of hydrogen-bond acceptors (Lipinski definition) is 2. The van der Waals surface area contributed by atoms with Crippen LogP contribution in [0.5, 0.6) is 0 Å². The molecule has 0 spiro atoms. The SMILES string of the molecule is CC(C)CN(CCC#N)C(=O)NC(C)C. The normalized spacial score (nSPS) is 10.2. The van der Waals surface area contributed by atoms with E-state index in [0.29, 0.717) is 25.4 Å². The highest BCUT2D eigenvalue weighted by Crippen LogP contribution is 2.01. The lowest BCUT2D eigenvalue weighted by Gasteiger charge is -2.25. The summed E-state index contributed by atoms with van der Waals surface area (Å²) < 4.78 is 0. The number of nitrogens with one attached hydrogen (secondary N) is 1. The van der Waals surface area contributed by atoms with E-state index < -0.39 is 0 Å². The van der Waals surface area contributed by atoms with Gasteiger partial charge in [0, 0.05) is 19.1 Å². The second kappa shape index (κ2) is 7.10. The minimum absolute atomic E-state index is 0.0750. The summed E-state index contributed by atoms with van der Waals surface area (Å²) in [5.74, 6) is 0.418. The van der Waals surface area contributed by atoms with Crippen LogP contribution in [0.2, 0.25) is 0 Å². The largest absolute Gasteiger partial charge is 0.336 e. The third kappa shape index (κ3) is 6.78. The van der Waals surface area contributed by atoms with Crippen LogP contribution in [0.15, 0.2) is 0 Å². The Labute approximate surface area is 92.3 Å². The molecule has 15 heavy (non-hydrogen) atoms. The number of carbonyl (C=O) groups is 1. The molecule has 2 amide bonds. The number of hydrogen-bond donors (Lipinski definition) is 1. The first kappa shape index (κ1) is 13.8. The van der Waals surface area contributed by atoms with Crippen molar-refractivity contribution in [3.63, 3.8) is 0 Å². The number of nitrogens with zero attached hydrogens (tertiary/aromatic N) is 2. The first-order valence-electron chi connectivity index (χ1n) is 5.39. The standard InChI is InChI=1S/C11H21N3O/c1-9(2)8-14(7-5-6-12)11(15)13-10(3)4/h9-10H,5,7-8H2,1-4H3,(H,13,15). The van der Waals surface area contributed by atoms with Gasteiger partial charge in [0.2, 0.25) is 0 Å². The Morgan fingerprint density at radius 3 is 2.40 bits per heavy atom. The molecule has 0 aromatic rings. The summed E-state index contributed by atoms with van der Waals surface area (Å²) in [6.45, 7) is 9.17. The molecular weight excluding hydrogens is 190 g/mol. The molecule has 0 radical (unpaired) electrons. The van der Waals surface area contributed by atoms with Gasteiger partial charge in [0.25, 0.3) is 0 Å². The topological polar surface area (TPSA) is 56.1 Å². The molecule has 0 aliphatic heterocycles. The van der Waals surface area contributed by atoms with Crippen LogP contribution in [-0.2, 0) is 0 Å². The summed E-state index contributed by atoms with van der Waals surface area (Å²) in [6, 6.07) is 2.12. The molecule has 0 saturated carbocycles. The quantitative estimate of drug-likeness (QED) is 0.756. The monoisotopic (exact) mass is 211 g/mol. The molecule has 0 heterocycles. The van der Waals surface area contributed by atoms with Crippen LogP contribution < -0.4 is 5.32 Å². The Kier molecular flexibility index (Phi) is 6.52. The highest BCUT2D eigenvalue weighted by atomic mass is 16.2. The van der Waals surface area contributed by atoms with Crippen LogP contribution in [0.1, 0.15) is 34.1 Å². The van der Waals surface area contributed by atoms with Gasteiger partial charge in [0.15, 0.2) is 0 Å². The number of rotatable bonds is 5. The average molecular weight is 211 g/mol. The molecule has 0 aliphatic rings. The van der Waals surface area contributed by atoms with E-state index in [2.05, 4.69) is 25.2 Å². The highest BCUT2D eigenvalue weighted by molar-refractivity contribution is 5.74. The summed E-state index contributed by atoms with van der Waals surface area (Å²) in [7, 11) is 0. The molecule has 0 aromatic heterocycles. The Bertz CT molecular complexity index is 230. The molecule has 1 N–H and O–H groups in total. The van der Waals surface area contributed by atoms with Gasteiger partial charge >= 0.3 is 6.03 Å². The van der Waals surface area contributed by atoms with Crippen molar-refractivity contribution in [3.8, 4) is 6.07 Å². The lowest BCUT2D eigenvalue weighted by molar-refractivity contribution is 0.189. The number of amides is 2. The maximum absolute atomic E-state index is 11.7. The fourth-order valence-corrected chi connectivity index (χ4v) is 1.24. The summed E-state index contributed by atoms with van der Waals surface area (Å²) in [4.78, 5) is 13.4. The zero-order chi connectivity index (χ0) is 11.8. The fraction of sp³-hybridized carbons (Fsp3) is 0.818. The fourth-order valence-electron chi connectivity index (χ4n) is 1.24. The molecule has 0 aromatic carbocycles. The van der Waals surface area contributed by atoms with Gasteiger partial charge in [-0.05, 0) is 19.8 Å².